The van der Waals surface area contributed by atoms with Crippen molar-refractivity contribution in [3.63, 3.8) is 0 Å². The number of thiophene rings is 1. The minimum Gasteiger partial charge on any atom is -0.334 e. The minimum absolute atomic E-state index is 0.00357. The van der Waals surface area contributed by atoms with Crippen LogP contribution in [0.15, 0.2) is 24.8 Å². The summed E-state index contributed by atoms with van der Waals surface area (Å²) in [6.07, 6.45) is 2.30. The topological polar surface area (TPSA) is 20.3 Å². The van der Waals surface area contributed by atoms with E-state index >= 15 is 0 Å². The van der Waals surface area contributed by atoms with Gasteiger partial charge in [0.2, 0.25) is 5.91 Å². The number of hydrogen-bond donors (Lipinski definition) is 0. The molecular weight excluding hydrogens is 266 g/mol. The van der Waals surface area contributed by atoms with Gasteiger partial charge < -0.3 is 4.90 Å². The van der Waals surface area contributed by atoms with Crippen molar-refractivity contribution in [2.45, 2.75) is 33.7 Å². The van der Waals surface area contributed by atoms with E-state index in [9.17, 15) is 4.79 Å². The molecule has 4 heteroatoms. The Morgan fingerprint density at radius 2 is 2.17 bits per heavy atom. The highest BCUT2D eigenvalue weighted by atomic mass is 35.5. The Balaban J connectivity index is 2.70. The van der Waals surface area contributed by atoms with Gasteiger partial charge in [-0.25, -0.2) is 0 Å². The van der Waals surface area contributed by atoms with Crippen LogP contribution < -0.4 is 0 Å². The Morgan fingerprint density at radius 3 is 2.61 bits per heavy atom. The van der Waals surface area contributed by atoms with E-state index in [1.807, 2.05) is 17.0 Å². The van der Waals surface area contributed by atoms with Gasteiger partial charge in [0.1, 0.15) is 0 Å². The molecule has 0 saturated carbocycles. The molecule has 1 rings (SSSR count). The van der Waals surface area contributed by atoms with Crippen LogP contribution in [0.2, 0.25) is 4.34 Å². The molecule has 0 aromatic carbocycles. The van der Waals surface area contributed by atoms with Gasteiger partial charge >= 0.3 is 0 Å². The Labute approximate surface area is 118 Å². The molecule has 0 aliphatic carbocycles. The summed E-state index contributed by atoms with van der Waals surface area (Å²) in [5, 5.41) is 0. The Kier molecular flexibility index (Phi) is 5.42. The second-order valence-electron chi connectivity index (χ2n) is 5.51. The predicted octanol–water partition coefficient (Wildman–Crippen LogP) is 4.35. The Bertz CT molecular complexity index is 420. The molecule has 0 N–H and O–H groups in total. The first-order valence-electron chi connectivity index (χ1n) is 5.95. The largest absolute Gasteiger partial charge is 0.334 e. The molecule has 0 bridgehead atoms. The zero-order chi connectivity index (χ0) is 13.8. The molecule has 2 nitrogen and oxygen atoms in total. The predicted molar refractivity (Wildman–Crippen MR) is 79.0 cm³/mol. The number of nitrogens with zero attached hydrogens (tertiary/aromatic N) is 1. The van der Waals surface area contributed by atoms with Crippen molar-refractivity contribution in [3.05, 3.63) is 34.0 Å². The fraction of sp³-hybridized carbons (Fsp3) is 0.500. The fourth-order valence-electron chi connectivity index (χ4n) is 1.60. The van der Waals surface area contributed by atoms with Crippen LogP contribution in [0, 0.1) is 5.41 Å². The summed E-state index contributed by atoms with van der Waals surface area (Å²) in [7, 11) is 0. The highest BCUT2D eigenvalue weighted by molar-refractivity contribution is 7.16. The Hall–Kier alpha value is -0.800. The molecule has 0 atom stereocenters. The van der Waals surface area contributed by atoms with E-state index < -0.39 is 0 Å². The third kappa shape index (κ3) is 5.23. The number of rotatable bonds is 5. The first-order valence-corrected chi connectivity index (χ1v) is 7.14. The van der Waals surface area contributed by atoms with Gasteiger partial charge in [-0.15, -0.1) is 17.9 Å². The van der Waals surface area contributed by atoms with E-state index in [0.29, 0.717) is 19.5 Å². The van der Waals surface area contributed by atoms with Crippen LogP contribution in [-0.2, 0) is 11.3 Å². The average Bonchev–Trinajstić information content (AvgIpc) is 2.61. The molecular formula is C14H20ClNOS. The highest BCUT2D eigenvalue weighted by Gasteiger charge is 2.21. The molecule has 1 heterocycles. The van der Waals surface area contributed by atoms with Gasteiger partial charge in [-0.05, 0) is 17.5 Å². The van der Waals surface area contributed by atoms with Crippen molar-refractivity contribution >= 4 is 28.8 Å². The smallest absolute Gasteiger partial charge is 0.223 e. The molecule has 18 heavy (non-hydrogen) atoms. The van der Waals surface area contributed by atoms with Crippen LogP contribution in [0.25, 0.3) is 0 Å². The monoisotopic (exact) mass is 285 g/mol. The van der Waals surface area contributed by atoms with Gasteiger partial charge in [0.25, 0.3) is 0 Å². The van der Waals surface area contributed by atoms with E-state index in [1.54, 1.807) is 6.08 Å². The Morgan fingerprint density at radius 1 is 1.50 bits per heavy atom. The van der Waals surface area contributed by atoms with Crippen LogP contribution in [0.1, 0.15) is 32.1 Å². The minimum atomic E-state index is 0.00357. The molecule has 1 aromatic heterocycles. The quantitative estimate of drug-likeness (QED) is 0.737. The fourth-order valence-corrected chi connectivity index (χ4v) is 2.70. The van der Waals surface area contributed by atoms with Crippen LogP contribution in [0.3, 0.4) is 0 Å². The summed E-state index contributed by atoms with van der Waals surface area (Å²) < 4.78 is 0.756. The number of amides is 1. The molecule has 0 aliphatic rings. The maximum Gasteiger partial charge on any atom is 0.223 e. The summed E-state index contributed by atoms with van der Waals surface area (Å²) >= 11 is 7.42. The van der Waals surface area contributed by atoms with Crippen molar-refractivity contribution in [2.75, 3.05) is 6.54 Å². The van der Waals surface area contributed by atoms with Crippen molar-refractivity contribution in [3.8, 4) is 0 Å². The standard InChI is InChI=1S/C14H20ClNOS/c1-5-8-16(13(17)9-14(2,3)4)10-11-6-7-12(15)18-11/h5-7H,1,8-10H2,2-4H3. The lowest BCUT2D eigenvalue weighted by Gasteiger charge is -2.25. The molecule has 0 fully saturated rings. The van der Waals surface area contributed by atoms with E-state index in [2.05, 4.69) is 27.4 Å². The normalized spacial score (nSPS) is 11.3. The summed E-state index contributed by atoms with van der Waals surface area (Å²) in [5.74, 6) is 0.159. The van der Waals surface area contributed by atoms with Crippen LogP contribution >= 0.6 is 22.9 Å². The zero-order valence-electron chi connectivity index (χ0n) is 11.2. The number of hydrogen-bond acceptors (Lipinski definition) is 2. The molecule has 0 radical (unpaired) electrons. The van der Waals surface area contributed by atoms with Gasteiger partial charge in [0, 0.05) is 17.8 Å². The van der Waals surface area contributed by atoms with Crippen molar-refractivity contribution < 1.29 is 4.79 Å². The van der Waals surface area contributed by atoms with Crippen LogP contribution in [0.5, 0.6) is 0 Å². The van der Waals surface area contributed by atoms with E-state index in [4.69, 9.17) is 11.6 Å². The molecule has 1 aromatic rings. The van der Waals surface area contributed by atoms with Gasteiger partial charge in [0.05, 0.1) is 10.9 Å². The lowest BCUT2D eigenvalue weighted by atomic mass is 9.91. The third-order valence-corrected chi connectivity index (χ3v) is 3.58. The van der Waals surface area contributed by atoms with Gasteiger partial charge in [-0.1, -0.05) is 38.4 Å². The highest BCUT2D eigenvalue weighted by Crippen LogP contribution is 2.24. The molecule has 0 spiro atoms. The van der Waals surface area contributed by atoms with Crippen molar-refractivity contribution in [1.29, 1.82) is 0 Å². The lowest BCUT2D eigenvalue weighted by molar-refractivity contribution is -0.133. The first kappa shape index (κ1) is 15.3. The summed E-state index contributed by atoms with van der Waals surface area (Å²) in [4.78, 5) is 15.1. The van der Waals surface area contributed by atoms with E-state index in [0.717, 1.165) is 9.21 Å². The van der Waals surface area contributed by atoms with Crippen molar-refractivity contribution in [2.24, 2.45) is 5.41 Å². The van der Waals surface area contributed by atoms with Crippen molar-refractivity contribution in [1.82, 2.24) is 4.90 Å². The molecule has 0 unspecified atom stereocenters. The van der Waals surface area contributed by atoms with Gasteiger partial charge in [-0.2, -0.15) is 0 Å². The number of carbonyl (C=O) groups is 1. The van der Waals surface area contributed by atoms with Gasteiger partial charge in [0.15, 0.2) is 0 Å². The maximum absolute atomic E-state index is 12.2. The maximum atomic E-state index is 12.2. The van der Waals surface area contributed by atoms with E-state index in [1.165, 1.54) is 11.3 Å². The third-order valence-electron chi connectivity index (χ3n) is 2.36. The summed E-state index contributed by atoms with van der Waals surface area (Å²) in [6.45, 7) is 11.1. The summed E-state index contributed by atoms with van der Waals surface area (Å²) in [5.41, 5.74) is 0.00357. The van der Waals surface area contributed by atoms with Gasteiger partial charge in [-0.3, -0.25) is 4.79 Å². The second-order valence-corrected chi connectivity index (χ2v) is 7.31. The molecule has 1 amide bonds. The molecule has 100 valence electrons. The SMILES string of the molecule is C=CCN(Cc1ccc(Cl)s1)C(=O)CC(C)(C)C. The summed E-state index contributed by atoms with van der Waals surface area (Å²) in [6, 6.07) is 3.83. The van der Waals surface area contributed by atoms with Crippen LogP contribution in [-0.4, -0.2) is 17.4 Å². The number of halogens is 1. The second kappa shape index (κ2) is 6.39. The molecule has 0 saturated heterocycles. The first-order chi connectivity index (χ1) is 8.31. The average molecular weight is 286 g/mol. The van der Waals surface area contributed by atoms with Crippen LogP contribution in [0.4, 0.5) is 0 Å². The lowest BCUT2D eigenvalue weighted by Crippen LogP contribution is -2.33. The van der Waals surface area contributed by atoms with E-state index in [-0.39, 0.29) is 11.3 Å². The molecule has 0 aliphatic heterocycles. The number of carbonyl (C=O) groups excluding carboxylic acids is 1. The zero-order valence-corrected chi connectivity index (χ0v) is 12.8.